The van der Waals surface area contributed by atoms with Crippen LogP contribution in [0.4, 0.5) is 34.1 Å². The maximum absolute atomic E-state index is 7.41. The molecule has 0 aromatic heterocycles. The van der Waals surface area contributed by atoms with Gasteiger partial charge >= 0.3 is 0 Å². The number of anilines is 6. The minimum atomic E-state index is -0.225. The molecule has 0 radical (unpaired) electrons. The van der Waals surface area contributed by atoms with Gasteiger partial charge in [0.05, 0.1) is 0 Å². The van der Waals surface area contributed by atoms with Gasteiger partial charge in [-0.05, 0) is 127 Å². The maximum Gasteiger partial charge on any atom is 0.196 e. The first-order valence-corrected chi connectivity index (χ1v) is 25.7. The Bertz CT molecular complexity index is 3750. The van der Waals surface area contributed by atoms with E-state index < -0.39 is 0 Å². The fourth-order valence-corrected chi connectivity index (χ4v) is 12.2. The van der Waals surface area contributed by atoms with E-state index in [-0.39, 0.29) is 10.8 Å². The van der Waals surface area contributed by atoms with Crippen molar-refractivity contribution in [1.82, 2.24) is 0 Å². The second kappa shape index (κ2) is 16.7. The van der Waals surface area contributed by atoms with Crippen molar-refractivity contribution in [2.75, 3.05) is 9.80 Å². The topological polar surface area (TPSA) is 24.9 Å². The molecule has 0 unspecified atom stereocenters. The summed E-state index contributed by atoms with van der Waals surface area (Å²) in [7, 11) is 0. The van der Waals surface area contributed by atoms with Gasteiger partial charge < -0.3 is 19.3 Å². The second-order valence-electron chi connectivity index (χ2n) is 20.8. The van der Waals surface area contributed by atoms with Gasteiger partial charge in [0, 0.05) is 44.4 Å². The minimum absolute atomic E-state index is 0.225. The highest BCUT2D eigenvalue weighted by molar-refractivity contribution is 6.13. The van der Waals surface area contributed by atoms with Gasteiger partial charge in [-0.1, -0.05) is 210 Å². The van der Waals surface area contributed by atoms with E-state index in [0.29, 0.717) is 23.0 Å². The van der Waals surface area contributed by atoms with Crippen LogP contribution in [0, 0.1) is 0 Å². The maximum atomic E-state index is 7.41. The molecule has 14 rings (SSSR count). The van der Waals surface area contributed by atoms with Gasteiger partial charge in [0.2, 0.25) is 0 Å². The van der Waals surface area contributed by atoms with E-state index in [1.807, 2.05) is 24.3 Å². The van der Waals surface area contributed by atoms with Gasteiger partial charge in [-0.3, -0.25) is 0 Å². The zero-order valence-corrected chi connectivity index (χ0v) is 41.8. The van der Waals surface area contributed by atoms with Crippen LogP contribution in [0.15, 0.2) is 243 Å². The second-order valence-corrected chi connectivity index (χ2v) is 20.8. The van der Waals surface area contributed by atoms with Gasteiger partial charge in [0.15, 0.2) is 23.0 Å². The van der Waals surface area contributed by atoms with E-state index in [0.717, 1.165) is 56.0 Å². The number of ether oxygens (including phenoxy) is 2. The van der Waals surface area contributed by atoms with Gasteiger partial charge in [-0.2, -0.15) is 0 Å². The van der Waals surface area contributed by atoms with Crippen LogP contribution in [0.1, 0.15) is 49.9 Å². The smallest absolute Gasteiger partial charge is 0.196 e. The first-order valence-electron chi connectivity index (χ1n) is 25.7. The zero-order chi connectivity index (χ0) is 49.7. The number of hydrogen-bond acceptors (Lipinski definition) is 4. The lowest BCUT2D eigenvalue weighted by atomic mass is 9.82. The highest BCUT2D eigenvalue weighted by Gasteiger charge is 2.40. The molecule has 11 aromatic carbocycles. The fourth-order valence-electron chi connectivity index (χ4n) is 12.2. The lowest BCUT2D eigenvalue weighted by Crippen LogP contribution is -2.19. The van der Waals surface area contributed by atoms with Crippen LogP contribution in [0.3, 0.4) is 0 Å². The Balaban J connectivity index is 1.05. The third-order valence-electron chi connectivity index (χ3n) is 15.9. The van der Waals surface area contributed by atoms with Gasteiger partial charge in [-0.25, -0.2) is 0 Å². The van der Waals surface area contributed by atoms with Crippen LogP contribution in [-0.2, 0) is 10.8 Å². The zero-order valence-electron chi connectivity index (χ0n) is 41.8. The van der Waals surface area contributed by atoms with E-state index in [2.05, 4.69) is 256 Å². The van der Waals surface area contributed by atoms with Crippen molar-refractivity contribution >= 4 is 44.9 Å². The molecular formula is C70H52N2O2. The summed E-state index contributed by atoms with van der Waals surface area (Å²) >= 11 is 0. The van der Waals surface area contributed by atoms with Crippen LogP contribution in [0.5, 0.6) is 23.0 Å². The average Bonchev–Trinajstić information content (AvgIpc) is 3.89. The quantitative estimate of drug-likeness (QED) is 0.142. The van der Waals surface area contributed by atoms with Crippen LogP contribution >= 0.6 is 0 Å². The molecule has 0 N–H and O–H groups in total. The molecule has 0 amide bonds. The third kappa shape index (κ3) is 6.75. The highest BCUT2D eigenvalue weighted by atomic mass is 16.6. The van der Waals surface area contributed by atoms with E-state index >= 15 is 0 Å². The molecule has 0 fully saturated rings. The van der Waals surface area contributed by atoms with Gasteiger partial charge in [-0.15, -0.1) is 0 Å². The molecule has 74 heavy (non-hydrogen) atoms. The summed E-state index contributed by atoms with van der Waals surface area (Å²) in [6, 6.07) is 87.6. The normalized spacial score (nSPS) is 13.8. The van der Waals surface area contributed by atoms with Crippen molar-refractivity contribution in [2.45, 2.75) is 38.5 Å². The van der Waals surface area contributed by atoms with Crippen LogP contribution in [-0.4, -0.2) is 0 Å². The molecule has 0 atom stereocenters. The lowest BCUT2D eigenvalue weighted by Gasteiger charge is -2.36. The molecule has 0 saturated heterocycles. The highest BCUT2D eigenvalue weighted by Crippen LogP contribution is 2.63. The van der Waals surface area contributed by atoms with Crippen molar-refractivity contribution < 1.29 is 9.47 Å². The number of hydrogen-bond donors (Lipinski definition) is 0. The summed E-state index contributed by atoms with van der Waals surface area (Å²) in [5.74, 6) is 2.58. The first kappa shape index (κ1) is 43.7. The molecule has 11 aromatic rings. The van der Waals surface area contributed by atoms with Crippen molar-refractivity contribution in [3.63, 3.8) is 0 Å². The summed E-state index contributed by atoms with van der Waals surface area (Å²) in [5.41, 5.74) is 20.3. The van der Waals surface area contributed by atoms with Gasteiger partial charge in [0.1, 0.15) is 11.4 Å². The van der Waals surface area contributed by atoms with Crippen LogP contribution < -0.4 is 19.3 Å². The van der Waals surface area contributed by atoms with E-state index in [4.69, 9.17) is 9.47 Å². The van der Waals surface area contributed by atoms with E-state index in [1.54, 1.807) is 0 Å². The average molecular weight is 953 g/mol. The van der Waals surface area contributed by atoms with Crippen molar-refractivity contribution in [3.05, 3.63) is 265 Å². The Morgan fingerprint density at radius 3 is 1.03 bits per heavy atom. The largest absolute Gasteiger partial charge is 0.447 e. The number of nitrogens with zero attached hydrogens (tertiary/aromatic N) is 2. The summed E-state index contributed by atoms with van der Waals surface area (Å²) in [5, 5.41) is 2.03. The number of benzene rings is 11. The molecule has 1 heterocycles. The van der Waals surface area contributed by atoms with Crippen LogP contribution in [0.25, 0.3) is 55.3 Å². The number of para-hydroxylation sites is 2. The Morgan fingerprint density at radius 1 is 0.284 bits per heavy atom. The van der Waals surface area contributed by atoms with Crippen molar-refractivity contribution in [1.29, 1.82) is 0 Å². The molecule has 3 aliphatic rings. The molecule has 354 valence electrons. The predicted molar refractivity (Wildman–Crippen MR) is 306 cm³/mol. The third-order valence-corrected chi connectivity index (χ3v) is 15.9. The van der Waals surface area contributed by atoms with Gasteiger partial charge in [0.25, 0.3) is 0 Å². The molecular weight excluding hydrogens is 901 g/mol. The molecule has 2 aliphatic carbocycles. The molecule has 0 saturated carbocycles. The summed E-state index contributed by atoms with van der Waals surface area (Å²) in [6.07, 6.45) is 0. The number of fused-ring (bicyclic) bond motifs is 9. The SMILES string of the molecule is CC1(C)c2ccccc2-c2ccc(N(c3ccc(-c4ccccc4)cc3)c3c4c(c(N(c5ccc(-c6ccccc6)cc5)c5ccc6c(c5)C(C)(C)c5ccccc5-6)c5ccccc35)Oc3ccccc3O4)cc21. The summed E-state index contributed by atoms with van der Waals surface area (Å²) in [6.45, 7) is 9.39. The monoisotopic (exact) mass is 952 g/mol. The molecule has 4 heteroatoms. The predicted octanol–water partition coefficient (Wildman–Crippen LogP) is 19.6. The van der Waals surface area contributed by atoms with Crippen LogP contribution in [0.2, 0.25) is 0 Å². The Kier molecular flexibility index (Phi) is 9.87. The fraction of sp³-hybridized carbons (Fsp3) is 0.0857. The molecule has 0 spiro atoms. The minimum Gasteiger partial charge on any atom is -0.447 e. The van der Waals surface area contributed by atoms with Crippen molar-refractivity contribution in [3.8, 4) is 67.5 Å². The molecule has 1 aliphatic heterocycles. The number of rotatable bonds is 8. The van der Waals surface area contributed by atoms with Crippen molar-refractivity contribution in [2.24, 2.45) is 0 Å². The Morgan fingerprint density at radius 2 is 0.608 bits per heavy atom. The first-order chi connectivity index (χ1) is 36.2. The Hall–Kier alpha value is -9.12. The summed E-state index contributed by atoms with van der Waals surface area (Å²) < 4.78 is 14.8. The van der Waals surface area contributed by atoms with E-state index in [9.17, 15) is 0 Å². The standard InChI is InChI=1S/C70H52N2O2/c1-69(2)59-27-15-13-23-53(59)55-41-39-51(43-61(55)69)71(49-35-31-47(32-36-49)45-19-7-5-8-20-45)65-57-25-11-12-26-58(57)66(68-67(65)73-63-29-17-18-30-64(63)74-68)72(50-37-33-48(34-38-50)46-21-9-6-10-22-46)52-40-42-56-54-24-14-16-28-60(54)70(3,4)62(56)44-52/h5-44H,1-4H3. The Labute approximate surface area is 433 Å². The molecule has 0 bridgehead atoms. The summed E-state index contributed by atoms with van der Waals surface area (Å²) in [4.78, 5) is 4.79. The lowest BCUT2D eigenvalue weighted by molar-refractivity contribution is 0.362. The molecule has 4 nitrogen and oxygen atoms in total. The van der Waals surface area contributed by atoms with E-state index in [1.165, 1.54) is 55.6 Å².